The first-order valence-corrected chi connectivity index (χ1v) is 5.43. The van der Waals surface area contributed by atoms with Gasteiger partial charge in [-0.05, 0) is 12.8 Å². The van der Waals surface area contributed by atoms with Gasteiger partial charge in [0.1, 0.15) is 0 Å². The van der Waals surface area contributed by atoms with Crippen LogP contribution in [0.15, 0.2) is 12.4 Å². The monoisotopic (exact) mass is 227 g/mol. The van der Waals surface area contributed by atoms with Crippen LogP contribution in [0.25, 0.3) is 0 Å². The van der Waals surface area contributed by atoms with Gasteiger partial charge in [-0.3, -0.25) is 0 Å². The van der Waals surface area contributed by atoms with Gasteiger partial charge in [-0.1, -0.05) is 11.6 Å². The number of halogens is 1. The summed E-state index contributed by atoms with van der Waals surface area (Å²) in [6.07, 6.45) is 5.74. The summed E-state index contributed by atoms with van der Waals surface area (Å²) in [5, 5.41) is 0.467. The minimum absolute atomic E-state index is 0.275. The molecule has 2 heterocycles. The summed E-state index contributed by atoms with van der Waals surface area (Å²) in [4.78, 5) is 10.4. The molecule has 1 saturated heterocycles. The molecule has 0 bridgehead atoms. The molecule has 0 unspecified atom stereocenters. The van der Waals surface area contributed by atoms with E-state index in [1.165, 1.54) is 0 Å². The van der Waals surface area contributed by atoms with E-state index >= 15 is 0 Å². The molecule has 0 radical (unpaired) electrons. The van der Waals surface area contributed by atoms with Crippen molar-refractivity contribution in [3.05, 3.63) is 17.5 Å². The smallest absolute Gasteiger partial charge is 0.171 e. The lowest BCUT2D eigenvalue weighted by atomic mass is 10.1. The molecule has 0 aliphatic carbocycles. The summed E-state index contributed by atoms with van der Waals surface area (Å²) < 4.78 is 5.35. The molecule has 0 aromatic carbocycles. The summed E-state index contributed by atoms with van der Waals surface area (Å²) in [6, 6.07) is 0. The van der Waals surface area contributed by atoms with Gasteiger partial charge in [0.15, 0.2) is 11.0 Å². The second kappa shape index (κ2) is 4.77. The molecule has 0 amide bonds. The first kappa shape index (κ1) is 10.6. The second-order valence-electron chi connectivity index (χ2n) is 3.62. The molecule has 1 aliphatic rings. The number of piperidine rings is 1. The third kappa shape index (κ3) is 2.38. The topological polar surface area (TPSA) is 38.2 Å². The molecule has 1 fully saturated rings. The summed E-state index contributed by atoms with van der Waals surface area (Å²) in [5.41, 5.74) is 0. The van der Waals surface area contributed by atoms with Crippen molar-refractivity contribution < 1.29 is 4.74 Å². The molecule has 0 spiro atoms. The number of aromatic nitrogens is 2. The van der Waals surface area contributed by atoms with E-state index in [1.54, 1.807) is 19.5 Å². The summed E-state index contributed by atoms with van der Waals surface area (Å²) in [7, 11) is 1.74. The largest absolute Gasteiger partial charge is 0.380 e. The van der Waals surface area contributed by atoms with Crippen LogP contribution in [0.4, 0.5) is 5.82 Å². The van der Waals surface area contributed by atoms with Crippen molar-refractivity contribution in [1.82, 2.24) is 9.97 Å². The van der Waals surface area contributed by atoms with Gasteiger partial charge in [0.25, 0.3) is 0 Å². The number of nitrogens with zero attached hydrogens (tertiary/aromatic N) is 3. The third-order valence-electron chi connectivity index (χ3n) is 2.65. The number of ether oxygens (including phenoxy) is 1. The predicted octanol–water partition coefficient (Wildman–Crippen LogP) is 1.75. The lowest BCUT2D eigenvalue weighted by Crippen LogP contribution is -2.39. The van der Waals surface area contributed by atoms with Crippen LogP contribution in [0.5, 0.6) is 0 Å². The van der Waals surface area contributed by atoms with E-state index in [1.807, 2.05) is 0 Å². The van der Waals surface area contributed by atoms with E-state index in [0.29, 0.717) is 5.15 Å². The van der Waals surface area contributed by atoms with Gasteiger partial charge in [0.05, 0.1) is 6.10 Å². The minimum atomic E-state index is 0.275. The molecule has 4 nitrogen and oxygen atoms in total. The second-order valence-corrected chi connectivity index (χ2v) is 3.97. The van der Waals surface area contributed by atoms with Crippen LogP contribution < -0.4 is 4.90 Å². The van der Waals surface area contributed by atoms with E-state index in [4.69, 9.17) is 16.3 Å². The van der Waals surface area contributed by atoms with Crippen molar-refractivity contribution in [2.75, 3.05) is 25.1 Å². The first-order chi connectivity index (χ1) is 7.31. The molecule has 1 aromatic rings. The summed E-state index contributed by atoms with van der Waals surface area (Å²) in [5.74, 6) is 0.765. The van der Waals surface area contributed by atoms with Gasteiger partial charge < -0.3 is 9.64 Å². The molecular formula is C10H14ClN3O. The number of anilines is 1. The molecule has 1 atom stereocenters. The Kier molecular flexibility index (Phi) is 3.38. The van der Waals surface area contributed by atoms with Gasteiger partial charge in [-0.2, -0.15) is 0 Å². The molecule has 5 heteroatoms. The molecule has 0 N–H and O–H groups in total. The lowest BCUT2D eigenvalue weighted by Gasteiger charge is -2.32. The minimum Gasteiger partial charge on any atom is -0.380 e. The van der Waals surface area contributed by atoms with Gasteiger partial charge in [-0.25, -0.2) is 9.97 Å². The fraction of sp³-hybridized carbons (Fsp3) is 0.600. The van der Waals surface area contributed by atoms with Gasteiger partial charge in [0, 0.05) is 32.6 Å². The maximum atomic E-state index is 5.99. The molecule has 0 saturated carbocycles. The van der Waals surface area contributed by atoms with E-state index in [0.717, 1.165) is 31.7 Å². The van der Waals surface area contributed by atoms with Crippen molar-refractivity contribution in [2.24, 2.45) is 0 Å². The Balaban J connectivity index is 2.13. The quantitative estimate of drug-likeness (QED) is 0.772. The van der Waals surface area contributed by atoms with Gasteiger partial charge in [-0.15, -0.1) is 0 Å². The van der Waals surface area contributed by atoms with Gasteiger partial charge >= 0.3 is 0 Å². The van der Waals surface area contributed by atoms with E-state index in [9.17, 15) is 0 Å². The zero-order valence-electron chi connectivity index (χ0n) is 8.69. The summed E-state index contributed by atoms with van der Waals surface area (Å²) in [6.45, 7) is 1.81. The van der Waals surface area contributed by atoms with Crippen LogP contribution >= 0.6 is 11.6 Å². The van der Waals surface area contributed by atoms with Gasteiger partial charge in [0.2, 0.25) is 0 Å². The average molecular weight is 228 g/mol. The lowest BCUT2D eigenvalue weighted by molar-refractivity contribution is 0.0891. The van der Waals surface area contributed by atoms with Crippen molar-refractivity contribution >= 4 is 17.4 Å². The number of methoxy groups -OCH3 is 1. The normalized spacial score (nSPS) is 21.7. The van der Waals surface area contributed by atoms with Crippen molar-refractivity contribution in [3.63, 3.8) is 0 Å². The van der Waals surface area contributed by atoms with Crippen molar-refractivity contribution in [3.8, 4) is 0 Å². The highest BCUT2D eigenvalue weighted by Gasteiger charge is 2.22. The molecule has 2 rings (SSSR count). The maximum Gasteiger partial charge on any atom is 0.171 e. The van der Waals surface area contributed by atoms with Crippen molar-refractivity contribution in [2.45, 2.75) is 18.9 Å². The zero-order chi connectivity index (χ0) is 10.7. The molecule has 15 heavy (non-hydrogen) atoms. The molecule has 1 aliphatic heterocycles. The van der Waals surface area contributed by atoms with Crippen LogP contribution in [-0.4, -0.2) is 36.3 Å². The highest BCUT2D eigenvalue weighted by atomic mass is 35.5. The fourth-order valence-electron chi connectivity index (χ4n) is 1.85. The Morgan fingerprint density at radius 2 is 2.27 bits per heavy atom. The molecule has 1 aromatic heterocycles. The van der Waals surface area contributed by atoms with Crippen LogP contribution in [-0.2, 0) is 4.74 Å². The Morgan fingerprint density at radius 1 is 1.47 bits per heavy atom. The first-order valence-electron chi connectivity index (χ1n) is 5.05. The van der Waals surface area contributed by atoms with Crippen molar-refractivity contribution in [1.29, 1.82) is 0 Å². The predicted molar refractivity (Wildman–Crippen MR) is 59.3 cm³/mol. The molecular weight excluding hydrogens is 214 g/mol. The zero-order valence-corrected chi connectivity index (χ0v) is 9.44. The average Bonchev–Trinajstić information content (AvgIpc) is 2.30. The highest BCUT2D eigenvalue weighted by Crippen LogP contribution is 2.24. The molecule has 82 valence electrons. The Bertz CT molecular complexity index is 334. The Hall–Kier alpha value is -0.870. The SMILES string of the molecule is CO[C@@H]1CCCN(c2nccnc2Cl)C1. The standard InChI is InChI=1S/C10H14ClN3O/c1-15-8-3-2-6-14(7-8)10-9(11)12-4-5-13-10/h4-5,8H,2-3,6-7H2,1H3/t8-/m1/s1. The number of hydrogen-bond acceptors (Lipinski definition) is 4. The van der Waals surface area contributed by atoms with E-state index < -0.39 is 0 Å². The van der Waals surface area contributed by atoms with Crippen LogP contribution in [0, 0.1) is 0 Å². The van der Waals surface area contributed by atoms with Crippen LogP contribution in [0.1, 0.15) is 12.8 Å². The Labute approximate surface area is 94.2 Å². The van der Waals surface area contributed by atoms with Crippen LogP contribution in [0.2, 0.25) is 5.15 Å². The maximum absolute atomic E-state index is 5.99. The number of rotatable bonds is 2. The summed E-state index contributed by atoms with van der Waals surface area (Å²) >= 11 is 5.99. The Morgan fingerprint density at radius 3 is 3.00 bits per heavy atom. The number of hydrogen-bond donors (Lipinski definition) is 0. The van der Waals surface area contributed by atoms with Crippen LogP contribution in [0.3, 0.4) is 0 Å². The highest BCUT2D eigenvalue weighted by molar-refractivity contribution is 6.31. The fourth-order valence-corrected chi connectivity index (χ4v) is 2.07. The van der Waals surface area contributed by atoms with E-state index in [-0.39, 0.29) is 6.10 Å². The van der Waals surface area contributed by atoms with E-state index in [2.05, 4.69) is 14.9 Å². The third-order valence-corrected chi connectivity index (χ3v) is 2.91.